The second kappa shape index (κ2) is 13.3. The molecular formula is C60H71BN2S. The van der Waals surface area contributed by atoms with E-state index in [1.54, 1.807) is 16.6 Å². The third-order valence-electron chi connectivity index (χ3n) is 19.8. The number of nitrogens with zero attached hydrogens (tertiary/aromatic N) is 2. The fourth-order valence-corrected chi connectivity index (χ4v) is 16.1. The van der Waals surface area contributed by atoms with Gasteiger partial charge in [-0.15, -0.1) is 11.3 Å². The molecule has 64 heavy (non-hydrogen) atoms. The van der Waals surface area contributed by atoms with Gasteiger partial charge in [0, 0.05) is 38.7 Å². The van der Waals surface area contributed by atoms with Gasteiger partial charge in [-0.1, -0.05) is 136 Å². The Morgan fingerprint density at radius 2 is 1.28 bits per heavy atom. The first-order valence-corrected chi connectivity index (χ1v) is 26.1. The van der Waals surface area contributed by atoms with E-state index in [-0.39, 0.29) is 33.9 Å². The molecule has 3 heterocycles. The topological polar surface area (TPSA) is 6.48 Å². The molecule has 3 atom stereocenters. The summed E-state index contributed by atoms with van der Waals surface area (Å²) < 4.78 is 0. The van der Waals surface area contributed by atoms with Gasteiger partial charge in [-0.2, -0.15) is 0 Å². The lowest BCUT2D eigenvalue weighted by molar-refractivity contribution is 0.0163. The summed E-state index contributed by atoms with van der Waals surface area (Å²) in [5.41, 5.74) is 21.7. The van der Waals surface area contributed by atoms with E-state index in [1.165, 1.54) is 137 Å². The smallest absolute Gasteiger partial charge is 0.248 e. The summed E-state index contributed by atoms with van der Waals surface area (Å²) in [4.78, 5) is 7.05. The van der Waals surface area contributed by atoms with Crippen molar-refractivity contribution in [3.05, 3.63) is 123 Å². The van der Waals surface area contributed by atoms with E-state index in [0.717, 1.165) is 0 Å². The quantitative estimate of drug-likeness (QED) is 0.164. The maximum Gasteiger partial charge on any atom is 0.248 e. The van der Waals surface area contributed by atoms with E-state index in [4.69, 9.17) is 0 Å². The monoisotopic (exact) mass is 863 g/mol. The standard InChI is InChI=1S/C60H71BN2S/c1-54(2,3)38-18-22-47-51(32-38)62(39-19-21-42-44(33-39)56(6,7)27-26-55(42,4)5)52-34-40(63-50-17-13-12-16-43(50)59(10)24-14-15-25-60(59,63)11)20-23-48(52)61(47)49-37-64-53-36-46-45(35-41(49)53)57(8)28-30-58(46,9)31-29-57/h12-13,16-23,32-34,36-37,45H,14-15,24-31,35H2,1-11H3. The van der Waals surface area contributed by atoms with Gasteiger partial charge >= 0.3 is 0 Å². The van der Waals surface area contributed by atoms with Crippen LogP contribution < -0.4 is 26.2 Å². The molecule has 4 saturated carbocycles. The van der Waals surface area contributed by atoms with Crippen LogP contribution in [0.1, 0.15) is 173 Å². The summed E-state index contributed by atoms with van der Waals surface area (Å²) in [5, 5.41) is 2.60. The van der Waals surface area contributed by atoms with Crippen molar-refractivity contribution >= 4 is 69.0 Å². The summed E-state index contributed by atoms with van der Waals surface area (Å²) in [6.07, 6.45) is 16.8. The zero-order valence-corrected chi connectivity index (χ0v) is 41.7. The van der Waals surface area contributed by atoms with Gasteiger partial charge in [0.1, 0.15) is 0 Å². The van der Waals surface area contributed by atoms with Crippen LogP contribution in [-0.2, 0) is 28.1 Å². The fourth-order valence-electron chi connectivity index (χ4n) is 15.1. The number of hydrogen-bond acceptors (Lipinski definition) is 3. The predicted octanol–water partition coefficient (Wildman–Crippen LogP) is 14.6. The molecule has 5 aromatic rings. The van der Waals surface area contributed by atoms with Crippen molar-refractivity contribution in [2.75, 3.05) is 9.80 Å². The highest BCUT2D eigenvalue weighted by Crippen LogP contribution is 2.65. The van der Waals surface area contributed by atoms with Crippen LogP contribution >= 0.6 is 11.3 Å². The molecule has 4 aromatic carbocycles. The average molecular weight is 863 g/mol. The Hall–Kier alpha value is -4.02. The number of thiophene rings is 1. The van der Waals surface area contributed by atoms with E-state index < -0.39 is 0 Å². The van der Waals surface area contributed by atoms with Gasteiger partial charge in [0.15, 0.2) is 0 Å². The van der Waals surface area contributed by atoms with E-state index >= 15 is 0 Å². The molecule has 6 aliphatic carbocycles. The molecule has 4 fully saturated rings. The minimum atomic E-state index is -0.0105. The molecular weight excluding hydrogens is 792 g/mol. The number of rotatable bonds is 3. The molecule has 3 unspecified atom stereocenters. The molecule has 0 saturated heterocycles. The Balaban J connectivity index is 1.11. The normalized spacial score (nSPS) is 30.4. The molecule has 2 nitrogen and oxygen atoms in total. The van der Waals surface area contributed by atoms with Gasteiger partial charge < -0.3 is 9.80 Å². The maximum atomic E-state index is 2.80. The van der Waals surface area contributed by atoms with Crippen LogP contribution in [0.2, 0.25) is 0 Å². The Bertz CT molecular complexity index is 2800. The molecule has 8 aliphatic rings. The first kappa shape index (κ1) is 41.4. The van der Waals surface area contributed by atoms with Crippen LogP contribution in [0.5, 0.6) is 0 Å². The Morgan fingerprint density at radius 3 is 2.03 bits per heavy atom. The van der Waals surface area contributed by atoms with Crippen LogP contribution in [0.4, 0.5) is 28.4 Å². The van der Waals surface area contributed by atoms with Gasteiger partial charge in [0.2, 0.25) is 6.71 Å². The van der Waals surface area contributed by atoms with Crippen LogP contribution in [-0.4, -0.2) is 12.3 Å². The molecule has 0 spiro atoms. The number of benzene rings is 4. The van der Waals surface area contributed by atoms with Crippen molar-refractivity contribution in [1.82, 2.24) is 0 Å². The van der Waals surface area contributed by atoms with Gasteiger partial charge in [0.05, 0.1) is 5.54 Å². The van der Waals surface area contributed by atoms with Gasteiger partial charge in [-0.05, 0) is 184 Å². The molecule has 4 heteroatoms. The fraction of sp³-hybridized carbons (Fsp3) is 0.500. The van der Waals surface area contributed by atoms with Gasteiger partial charge in [0.25, 0.3) is 0 Å². The van der Waals surface area contributed by atoms with Crippen molar-refractivity contribution in [2.45, 2.75) is 174 Å². The number of anilines is 5. The summed E-state index contributed by atoms with van der Waals surface area (Å²) in [5.74, 6) is 0.648. The van der Waals surface area contributed by atoms with E-state index in [0.29, 0.717) is 16.7 Å². The minimum Gasteiger partial charge on any atom is -0.334 e. The second-order valence-corrected chi connectivity index (χ2v) is 26.2. The van der Waals surface area contributed by atoms with Crippen molar-refractivity contribution in [3.8, 4) is 0 Å². The molecule has 0 N–H and O–H groups in total. The number of hydrogen-bond donors (Lipinski definition) is 0. The number of allylic oxidation sites excluding steroid dienone is 1. The molecule has 13 rings (SSSR count). The van der Waals surface area contributed by atoms with E-state index in [2.05, 4.69) is 176 Å². The van der Waals surface area contributed by atoms with Gasteiger partial charge in [-0.3, -0.25) is 0 Å². The van der Waals surface area contributed by atoms with Crippen LogP contribution in [0.25, 0.3) is 6.08 Å². The highest BCUT2D eigenvalue weighted by Gasteiger charge is 2.58. The zero-order chi connectivity index (χ0) is 44.6. The molecule has 1 aromatic heterocycles. The Labute approximate surface area is 390 Å². The highest BCUT2D eigenvalue weighted by atomic mass is 32.1. The third kappa shape index (κ3) is 5.56. The van der Waals surface area contributed by atoms with Crippen LogP contribution in [0.3, 0.4) is 0 Å². The van der Waals surface area contributed by atoms with Crippen LogP contribution in [0.15, 0.2) is 89.8 Å². The lowest BCUT2D eigenvalue weighted by atomic mass is 9.34. The summed E-state index contributed by atoms with van der Waals surface area (Å²) in [6, 6.07) is 32.4. The molecule has 330 valence electrons. The minimum absolute atomic E-state index is 0.00801. The highest BCUT2D eigenvalue weighted by molar-refractivity contribution is 7.14. The Morgan fingerprint density at radius 1 is 0.609 bits per heavy atom. The summed E-state index contributed by atoms with van der Waals surface area (Å²) >= 11 is 2.02. The third-order valence-corrected chi connectivity index (χ3v) is 20.7. The Kier molecular flexibility index (Phi) is 8.63. The predicted molar refractivity (Wildman–Crippen MR) is 277 cm³/mol. The summed E-state index contributed by atoms with van der Waals surface area (Å²) in [7, 11) is 0. The first-order valence-electron chi connectivity index (χ1n) is 25.2. The molecule has 0 radical (unpaired) electrons. The van der Waals surface area contributed by atoms with Gasteiger partial charge in [-0.25, -0.2) is 0 Å². The first-order chi connectivity index (χ1) is 30.3. The van der Waals surface area contributed by atoms with Crippen molar-refractivity contribution in [3.63, 3.8) is 0 Å². The van der Waals surface area contributed by atoms with E-state index in [1.807, 2.05) is 11.3 Å². The largest absolute Gasteiger partial charge is 0.334 e. The van der Waals surface area contributed by atoms with Crippen molar-refractivity contribution in [1.29, 1.82) is 0 Å². The van der Waals surface area contributed by atoms with E-state index in [9.17, 15) is 0 Å². The summed E-state index contributed by atoms with van der Waals surface area (Å²) in [6.45, 7) is 27.6. The SMILES string of the molecule is CC12CCC(C)(CC1)C1Cc3c(B4c5ccc(N6c7ccccc7C7(C)CCCCC67C)cc5N(c5ccc6c(c5)C(C)(C)CCC6(C)C)c5cc(C(C)(C)C)ccc54)csc3C=C12. The second-order valence-electron chi connectivity index (χ2n) is 25.3. The average Bonchev–Trinajstić information content (AvgIpc) is 3.77. The lowest BCUT2D eigenvalue weighted by Gasteiger charge is -2.58. The zero-order valence-electron chi connectivity index (χ0n) is 40.9. The van der Waals surface area contributed by atoms with Crippen molar-refractivity contribution in [2.24, 2.45) is 16.7 Å². The number of fused-ring (bicyclic) bond motifs is 9. The number of para-hydroxylation sites is 1. The molecule has 0 amide bonds. The molecule has 2 bridgehead atoms. The van der Waals surface area contributed by atoms with Crippen LogP contribution in [0, 0.1) is 16.7 Å². The van der Waals surface area contributed by atoms with Crippen molar-refractivity contribution < 1.29 is 0 Å². The molecule has 2 aliphatic heterocycles. The lowest BCUT2D eigenvalue weighted by Crippen LogP contribution is -2.58. The maximum absolute atomic E-state index is 2.80.